The number of benzene rings is 2. The average molecular weight is 497 g/mol. The molecule has 5 atom stereocenters. The molecule has 0 unspecified atom stereocenters. The van der Waals surface area contributed by atoms with Crippen molar-refractivity contribution in [2.45, 2.75) is 60.6 Å². The minimum atomic E-state index is -3.64. The highest BCUT2D eigenvalue weighted by atomic mass is 32.2. The van der Waals surface area contributed by atoms with Crippen LogP contribution in [0.15, 0.2) is 55.1 Å². The molecule has 1 saturated carbocycles. The molecule has 4 aliphatic rings. The molecule has 35 heavy (non-hydrogen) atoms. The topological polar surface area (TPSA) is 90.3 Å². The summed E-state index contributed by atoms with van der Waals surface area (Å²) in [6, 6.07) is 12.2. The number of nitrogens with zero attached hydrogens (tertiary/aromatic N) is 2. The Balaban J connectivity index is 1.44. The van der Waals surface area contributed by atoms with Gasteiger partial charge < -0.3 is 14.9 Å². The predicted molar refractivity (Wildman–Crippen MR) is 133 cm³/mol. The Morgan fingerprint density at radius 3 is 2.74 bits per heavy atom. The van der Waals surface area contributed by atoms with Crippen molar-refractivity contribution in [1.82, 2.24) is 9.21 Å². The zero-order chi connectivity index (χ0) is 24.6. The molecule has 8 heteroatoms. The number of phenols is 1. The van der Waals surface area contributed by atoms with E-state index in [1.165, 1.54) is 4.31 Å². The van der Waals surface area contributed by atoms with Crippen LogP contribution >= 0.6 is 0 Å². The van der Waals surface area contributed by atoms with Crippen molar-refractivity contribution in [1.29, 1.82) is 0 Å². The van der Waals surface area contributed by atoms with Gasteiger partial charge in [0.2, 0.25) is 10.0 Å². The number of aromatic hydroxyl groups is 1. The van der Waals surface area contributed by atoms with E-state index >= 15 is 0 Å². The summed E-state index contributed by atoms with van der Waals surface area (Å²) in [6.07, 6.45) is 3.54. The summed E-state index contributed by atoms with van der Waals surface area (Å²) in [5, 5.41) is 23.2. The van der Waals surface area contributed by atoms with E-state index in [9.17, 15) is 18.6 Å². The van der Waals surface area contributed by atoms with Crippen LogP contribution in [0.1, 0.15) is 36.0 Å². The number of likely N-dealkylation sites (tertiary alicyclic amines) is 1. The lowest BCUT2D eigenvalue weighted by Gasteiger charge is -2.64. The van der Waals surface area contributed by atoms with Gasteiger partial charge in [-0.1, -0.05) is 42.5 Å². The van der Waals surface area contributed by atoms with Gasteiger partial charge in [-0.05, 0) is 49.4 Å². The van der Waals surface area contributed by atoms with E-state index in [1.807, 2.05) is 42.5 Å². The van der Waals surface area contributed by atoms with E-state index in [4.69, 9.17) is 4.74 Å². The SMILES string of the molecule is C=CCN1CC[C@]23c4c5ccc(O)c4O[C@H]2[C@@H](N(C)S(=O)(=O)Cc2ccccc2)CC[C@@]3(O)[C@H]1C5. The molecule has 0 radical (unpaired) electrons. The summed E-state index contributed by atoms with van der Waals surface area (Å²) in [5.41, 5.74) is 0.843. The predicted octanol–water partition coefficient (Wildman–Crippen LogP) is 2.56. The number of phenolic OH excluding ortho intramolecular Hbond substituents is 1. The van der Waals surface area contributed by atoms with Gasteiger partial charge in [0, 0.05) is 25.2 Å². The van der Waals surface area contributed by atoms with Gasteiger partial charge in [-0.2, -0.15) is 4.31 Å². The molecular weight excluding hydrogens is 464 g/mol. The molecule has 0 amide bonds. The van der Waals surface area contributed by atoms with Crippen molar-refractivity contribution in [3.8, 4) is 11.5 Å². The maximum Gasteiger partial charge on any atom is 0.218 e. The zero-order valence-corrected chi connectivity index (χ0v) is 20.7. The van der Waals surface area contributed by atoms with Crippen molar-refractivity contribution in [2.75, 3.05) is 20.1 Å². The molecule has 1 spiro atoms. The zero-order valence-electron chi connectivity index (χ0n) is 19.9. The van der Waals surface area contributed by atoms with E-state index < -0.39 is 33.2 Å². The van der Waals surface area contributed by atoms with E-state index in [0.29, 0.717) is 38.0 Å². The largest absolute Gasteiger partial charge is 0.504 e. The first kappa shape index (κ1) is 23.0. The van der Waals surface area contributed by atoms with Crippen LogP contribution in [-0.4, -0.2) is 71.8 Å². The number of hydrogen-bond acceptors (Lipinski definition) is 6. The Kier molecular flexibility index (Phi) is 5.14. The first-order chi connectivity index (χ1) is 16.7. The van der Waals surface area contributed by atoms with Crippen LogP contribution in [0, 0.1) is 0 Å². The normalized spacial score (nSPS) is 33.3. The average Bonchev–Trinajstić information content (AvgIpc) is 3.18. The van der Waals surface area contributed by atoms with Gasteiger partial charge >= 0.3 is 0 Å². The van der Waals surface area contributed by atoms with Crippen LogP contribution in [-0.2, 0) is 27.6 Å². The fraction of sp³-hybridized carbons (Fsp3) is 0.481. The maximum absolute atomic E-state index is 13.5. The van der Waals surface area contributed by atoms with Gasteiger partial charge in [0.15, 0.2) is 11.5 Å². The smallest absolute Gasteiger partial charge is 0.218 e. The highest BCUT2D eigenvalue weighted by Gasteiger charge is 2.73. The first-order valence-corrected chi connectivity index (χ1v) is 13.9. The van der Waals surface area contributed by atoms with E-state index in [2.05, 4.69) is 11.5 Å². The summed E-state index contributed by atoms with van der Waals surface area (Å²) < 4.78 is 35.0. The summed E-state index contributed by atoms with van der Waals surface area (Å²) >= 11 is 0. The lowest BCUT2D eigenvalue weighted by molar-refractivity contribution is -0.193. The van der Waals surface area contributed by atoms with Crippen LogP contribution in [0.3, 0.4) is 0 Å². The highest BCUT2D eigenvalue weighted by molar-refractivity contribution is 7.88. The molecule has 2 fully saturated rings. The van der Waals surface area contributed by atoms with E-state index in [-0.39, 0.29) is 17.5 Å². The number of hydrogen-bond donors (Lipinski definition) is 2. The van der Waals surface area contributed by atoms with Crippen LogP contribution in [0.2, 0.25) is 0 Å². The summed E-state index contributed by atoms with van der Waals surface area (Å²) in [4.78, 5) is 2.29. The summed E-state index contributed by atoms with van der Waals surface area (Å²) in [6.45, 7) is 5.34. The second-order valence-corrected chi connectivity index (χ2v) is 12.5. The number of rotatable bonds is 6. The molecule has 1 saturated heterocycles. The molecule has 2 bridgehead atoms. The molecule has 186 valence electrons. The Bertz CT molecular complexity index is 1280. The Morgan fingerprint density at radius 2 is 2.00 bits per heavy atom. The number of likely N-dealkylation sites (N-methyl/N-ethyl adjacent to an activating group) is 1. The van der Waals surface area contributed by atoms with E-state index in [0.717, 1.165) is 23.2 Å². The second kappa shape index (κ2) is 7.80. The van der Waals surface area contributed by atoms with Crippen molar-refractivity contribution in [3.05, 3.63) is 71.8 Å². The summed E-state index contributed by atoms with van der Waals surface area (Å²) in [5.74, 6) is 0.377. The highest BCUT2D eigenvalue weighted by Crippen LogP contribution is 2.65. The van der Waals surface area contributed by atoms with Crippen LogP contribution in [0.4, 0.5) is 0 Å². The van der Waals surface area contributed by atoms with Crippen molar-refractivity contribution in [2.24, 2.45) is 0 Å². The molecule has 2 heterocycles. The van der Waals surface area contributed by atoms with Gasteiger partial charge in [0.25, 0.3) is 0 Å². The molecule has 7 nitrogen and oxygen atoms in total. The third-order valence-electron chi connectivity index (χ3n) is 9.00. The minimum absolute atomic E-state index is 0.0513. The number of piperidine rings is 1. The lowest BCUT2D eigenvalue weighted by Crippen LogP contribution is -2.78. The number of sulfonamides is 1. The van der Waals surface area contributed by atoms with Gasteiger partial charge in [0.1, 0.15) is 6.10 Å². The Hall–Kier alpha value is -2.39. The van der Waals surface area contributed by atoms with Gasteiger partial charge in [-0.3, -0.25) is 4.90 Å². The van der Waals surface area contributed by atoms with Crippen LogP contribution in [0.5, 0.6) is 11.5 Å². The number of ether oxygens (including phenoxy) is 1. The molecule has 2 aromatic rings. The molecule has 2 aliphatic carbocycles. The second-order valence-electron chi connectivity index (χ2n) is 10.5. The van der Waals surface area contributed by atoms with Gasteiger partial charge in [0.05, 0.1) is 22.8 Å². The third kappa shape index (κ3) is 3.03. The summed E-state index contributed by atoms with van der Waals surface area (Å²) in [7, 11) is -2.01. The molecular formula is C27H32N2O5S. The molecule has 6 rings (SSSR count). The molecule has 2 aromatic carbocycles. The Morgan fingerprint density at radius 1 is 1.23 bits per heavy atom. The van der Waals surface area contributed by atoms with Crippen molar-refractivity contribution in [3.63, 3.8) is 0 Å². The maximum atomic E-state index is 13.5. The third-order valence-corrected chi connectivity index (χ3v) is 10.8. The fourth-order valence-electron chi connectivity index (χ4n) is 7.45. The van der Waals surface area contributed by atoms with Crippen LogP contribution < -0.4 is 4.74 Å². The first-order valence-electron chi connectivity index (χ1n) is 12.3. The van der Waals surface area contributed by atoms with Gasteiger partial charge in [-0.15, -0.1) is 6.58 Å². The lowest BCUT2D eigenvalue weighted by atomic mass is 9.48. The molecule has 2 N–H and O–H groups in total. The van der Waals surface area contributed by atoms with Gasteiger partial charge in [-0.25, -0.2) is 8.42 Å². The Labute approximate surface area is 206 Å². The van der Waals surface area contributed by atoms with Crippen molar-refractivity contribution >= 4 is 10.0 Å². The number of aliphatic hydroxyl groups is 1. The van der Waals surface area contributed by atoms with Crippen molar-refractivity contribution < 1.29 is 23.4 Å². The quantitative estimate of drug-likeness (QED) is 0.598. The monoisotopic (exact) mass is 496 g/mol. The molecule has 2 aliphatic heterocycles. The van der Waals surface area contributed by atoms with Crippen LogP contribution in [0.25, 0.3) is 0 Å². The molecule has 0 aromatic heterocycles. The van der Waals surface area contributed by atoms with E-state index in [1.54, 1.807) is 13.1 Å². The minimum Gasteiger partial charge on any atom is -0.504 e. The standard InChI is InChI=1S/C27H32N2O5S/c1-3-14-29-15-13-26-23-19-9-10-21(30)24(23)34-25(26)20(11-12-27(26,31)22(29)16-19)28(2)35(32,33)17-18-7-5-4-6-8-18/h3-10,20,22,25,30-31H,1,11-17H2,2H3/t20-,22+,25-,26-,27+/m0/s1. The fourth-order valence-corrected chi connectivity index (χ4v) is 8.90.